The maximum absolute atomic E-state index is 10.9. The molecule has 0 radical (unpaired) electrons. The molecule has 2 atom stereocenters. The van der Waals surface area contributed by atoms with Crippen molar-refractivity contribution in [1.29, 1.82) is 0 Å². The lowest BCUT2D eigenvalue weighted by molar-refractivity contribution is -0.146. The normalized spacial score (nSPS) is 14.7. The number of carboxylic acid groups (broad SMARTS) is 1. The van der Waals surface area contributed by atoms with Crippen molar-refractivity contribution in [3.8, 4) is 0 Å². The fraction of sp³-hybridized carbons (Fsp3) is 0.636. The van der Waals surface area contributed by atoms with E-state index in [0.717, 1.165) is 13.0 Å². The van der Waals surface area contributed by atoms with Crippen LogP contribution in [0.4, 0.5) is 0 Å². The average Bonchev–Trinajstić information content (AvgIpc) is 2.67. The van der Waals surface area contributed by atoms with Gasteiger partial charge in [0.1, 0.15) is 0 Å². The zero-order valence-corrected chi connectivity index (χ0v) is 9.63. The number of aromatic nitrogens is 2. The third-order valence-corrected chi connectivity index (χ3v) is 2.59. The smallest absolute Gasteiger partial charge is 0.309 e. The Kier molecular flexibility index (Phi) is 4.49. The molecule has 0 aliphatic heterocycles. The molecule has 2 unspecified atom stereocenters. The van der Waals surface area contributed by atoms with E-state index in [2.05, 4.69) is 5.10 Å². The standard InChI is InChI=1S/C11H18N2O3/c1-3-5-13-7-8(6-12-13)10(14)9(4-2)11(15)16/h6-7,9-10,14H,3-5H2,1-2H3,(H,15,16). The molecule has 0 aliphatic rings. The molecular weight excluding hydrogens is 208 g/mol. The van der Waals surface area contributed by atoms with Crippen molar-refractivity contribution < 1.29 is 15.0 Å². The third-order valence-electron chi connectivity index (χ3n) is 2.59. The number of rotatable bonds is 6. The van der Waals surface area contributed by atoms with E-state index in [9.17, 15) is 9.90 Å². The molecule has 0 aromatic carbocycles. The van der Waals surface area contributed by atoms with E-state index in [-0.39, 0.29) is 0 Å². The van der Waals surface area contributed by atoms with Gasteiger partial charge in [-0.3, -0.25) is 9.48 Å². The molecule has 0 spiro atoms. The highest BCUT2D eigenvalue weighted by molar-refractivity contribution is 5.70. The van der Waals surface area contributed by atoms with Crippen LogP contribution in [0.1, 0.15) is 38.4 Å². The predicted octanol–water partition coefficient (Wildman–Crippen LogP) is 1.44. The van der Waals surface area contributed by atoms with Crippen molar-refractivity contribution in [2.24, 2.45) is 5.92 Å². The first kappa shape index (κ1) is 12.7. The summed E-state index contributed by atoms with van der Waals surface area (Å²) >= 11 is 0. The van der Waals surface area contributed by atoms with E-state index >= 15 is 0 Å². The van der Waals surface area contributed by atoms with Gasteiger partial charge in [-0.15, -0.1) is 0 Å². The van der Waals surface area contributed by atoms with Crippen molar-refractivity contribution >= 4 is 5.97 Å². The van der Waals surface area contributed by atoms with Gasteiger partial charge in [0.2, 0.25) is 0 Å². The molecule has 5 nitrogen and oxygen atoms in total. The minimum Gasteiger partial charge on any atom is -0.481 e. The highest BCUT2D eigenvalue weighted by atomic mass is 16.4. The van der Waals surface area contributed by atoms with Crippen LogP contribution in [0.25, 0.3) is 0 Å². The van der Waals surface area contributed by atoms with E-state index in [0.29, 0.717) is 12.0 Å². The average molecular weight is 226 g/mol. The molecule has 1 aromatic rings. The number of hydrogen-bond donors (Lipinski definition) is 2. The zero-order valence-electron chi connectivity index (χ0n) is 9.63. The lowest BCUT2D eigenvalue weighted by Gasteiger charge is -2.15. The molecule has 0 saturated heterocycles. The van der Waals surface area contributed by atoms with Crippen molar-refractivity contribution in [1.82, 2.24) is 9.78 Å². The summed E-state index contributed by atoms with van der Waals surface area (Å²) in [5, 5.41) is 22.9. The van der Waals surface area contributed by atoms with Crippen molar-refractivity contribution in [2.75, 3.05) is 0 Å². The monoisotopic (exact) mass is 226 g/mol. The lowest BCUT2D eigenvalue weighted by Crippen LogP contribution is -2.20. The number of aryl methyl sites for hydroxylation is 1. The van der Waals surface area contributed by atoms with Crippen molar-refractivity contribution in [3.05, 3.63) is 18.0 Å². The van der Waals surface area contributed by atoms with Gasteiger partial charge < -0.3 is 10.2 Å². The SMILES string of the molecule is CCCn1cc(C(O)C(CC)C(=O)O)cn1. The molecular formula is C11H18N2O3. The quantitative estimate of drug-likeness (QED) is 0.769. The fourth-order valence-corrected chi connectivity index (χ4v) is 1.65. The summed E-state index contributed by atoms with van der Waals surface area (Å²) in [6.07, 6.45) is 3.61. The maximum atomic E-state index is 10.9. The fourth-order valence-electron chi connectivity index (χ4n) is 1.65. The Hall–Kier alpha value is -1.36. The van der Waals surface area contributed by atoms with E-state index in [1.807, 2.05) is 6.92 Å². The van der Waals surface area contributed by atoms with E-state index in [4.69, 9.17) is 5.11 Å². The summed E-state index contributed by atoms with van der Waals surface area (Å²) in [4.78, 5) is 10.9. The molecule has 1 heterocycles. The van der Waals surface area contributed by atoms with Crippen LogP contribution in [0.3, 0.4) is 0 Å². The predicted molar refractivity (Wildman–Crippen MR) is 58.9 cm³/mol. The van der Waals surface area contributed by atoms with Crippen LogP contribution in [0.5, 0.6) is 0 Å². The summed E-state index contributed by atoms with van der Waals surface area (Å²) in [6, 6.07) is 0. The number of aliphatic carboxylic acids is 1. The number of carboxylic acids is 1. The Bertz CT molecular complexity index is 349. The van der Waals surface area contributed by atoms with E-state index in [1.54, 1.807) is 17.8 Å². The number of nitrogens with zero attached hydrogens (tertiary/aromatic N) is 2. The van der Waals surface area contributed by atoms with Crippen molar-refractivity contribution in [2.45, 2.75) is 39.3 Å². The van der Waals surface area contributed by atoms with Gasteiger partial charge in [0.15, 0.2) is 0 Å². The van der Waals surface area contributed by atoms with E-state index < -0.39 is 18.0 Å². The highest BCUT2D eigenvalue weighted by Gasteiger charge is 2.26. The molecule has 0 bridgehead atoms. The summed E-state index contributed by atoms with van der Waals surface area (Å²) in [6.45, 7) is 4.55. The largest absolute Gasteiger partial charge is 0.481 e. The first-order chi connectivity index (χ1) is 7.60. The minimum atomic E-state index is -0.979. The van der Waals surface area contributed by atoms with Crippen LogP contribution in [-0.2, 0) is 11.3 Å². The van der Waals surface area contributed by atoms with Gasteiger partial charge in [0.25, 0.3) is 0 Å². The summed E-state index contributed by atoms with van der Waals surface area (Å²) in [5.41, 5.74) is 0.572. The topological polar surface area (TPSA) is 75.4 Å². The first-order valence-corrected chi connectivity index (χ1v) is 5.53. The molecule has 16 heavy (non-hydrogen) atoms. The molecule has 0 fully saturated rings. The minimum absolute atomic E-state index is 0.398. The number of carbonyl (C=O) groups is 1. The molecule has 5 heteroatoms. The molecule has 1 rings (SSSR count). The van der Waals surface area contributed by atoms with Crippen LogP contribution in [0, 0.1) is 5.92 Å². The Morgan fingerprint density at radius 1 is 1.56 bits per heavy atom. The maximum Gasteiger partial charge on any atom is 0.309 e. The van der Waals surface area contributed by atoms with Gasteiger partial charge in [-0.1, -0.05) is 13.8 Å². The summed E-state index contributed by atoms with van der Waals surface area (Å²) in [7, 11) is 0. The summed E-state index contributed by atoms with van der Waals surface area (Å²) in [5.74, 6) is -1.74. The van der Waals surface area contributed by atoms with Gasteiger partial charge in [-0.25, -0.2) is 0 Å². The first-order valence-electron chi connectivity index (χ1n) is 5.53. The molecule has 2 N–H and O–H groups in total. The van der Waals surface area contributed by atoms with Gasteiger partial charge in [-0.2, -0.15) is 5.10 Å². The third kappa shape index (κ3) is 2.82. The van der Waals surface area contributed by atoms with E-state index in [1.165, 1.54) is 6.20 Å². The Morgan fingerprint density at radius 3 is 2.75 bits per heavy atom. The molecule has 0 saturated carbocycles. The van der Waals surface area contributed by atoms with Gasteiger partial charge in [-0.05, 0) is 12.8 Å². The molecule has 1 aromatic heterocycles. The van der Waals surface area contributed by atoms with Crippen LogP contribution in [0.15, 0.2) is 12.4 Å². The highest BCUT2D eigenvalue weighted by Crippen LogP contribution is 2.24. The molecule has 0 aliphatic carbocycles. The number of hydrogen-bond acceptors (Lipinski definition) is 3. The number of aliphatic hydroxyl groups is 1. The second-order valence-corrected chi connectivity index (χ2v) is 3.83. The summed E-state index contributed by atoms with van der Waals surface area (Å²) < 4.78 is 1.72. The zero-order chi connectivity index (χ0) is 12.1. The van der Waals surface area contributed by atoms with Crippen LogP contribution >= 0.6 is 0 Å². The number of aliphatic hydroxyl groups excluding tert-OH is 1. The van der Waals surface area contributed by atoms with Gasteiger partial charge >= 0.3 is 5.97 Å². The Morgan fingerprint density at radius 2 is 2.25 bits per heavy atom. The Labute approximate surface area is 94.7 Å². The molecule has 0 amide bonds. The second-order valence-electron chi connectivity index (χ2n) is 3.83. The van der Waals surface area contributed by atoms with Gasteiger partial charge in [0, 0.05) is 18.3 Å². The lowest BCUT2D eigenvalue weighted by atomic mass is 9.96. The van der Waals surface area contributed by atoms with Crippen LogP contribution in [-0.4, -0.2) is 26.0 Å². The van der Waals surface area contributed by atoms with Crippen molar-refractivity contribution in [3.63, 3.8) is 0 Å². The Balaban J connectivity index is 2.77. The van der Waals surface area contributed by atoms with Crippen LogP contribution in [0.2, 0.25) is 0 Å². The molecule has 90 valence electrons. The van der Waals surface area contributed by atoms with Gasteiger partial charge in [0.05, 0.1) is 18.2 Å². The van der Waals surface area contributed by atoms with Crippen LogP contribution < -0.4 is 0 Å². The second kappa shape index (κ2) is 5.65.